The summed E-state index contributed by atoms with van der Waals surface area (Å²) in [5.74, 6) is 0.702. The Hall–Kier alpha value is -1.72. The van der Waals surface area contributed by atoms with Crippen molar-refractivity contribution in [2.45, 2.75) is 37.8 Å². The van der Waals surface area contributed by atoms with Crippen LogP contribution in [0.3, 0.4) is 0 Å². The first-order valence-corrected chi connectivity index (χ1v) is 11.6. The molecule has 1 fully saturated rings. The highest BCUT2D eigenvalue weighted by molar-refractivity contribution is 14.0. The molecule has 170 valence electrons. The van der Waals surface area contributed by atoms with Gasteiger partial charge in [0.15, 0.2) is 5.96 Å². The fourth-order valence-electron chi connectivity index (χ4n) is 3.53. The van der Waals surface area contributed by atoms with E-state index in [1.807, 2.05) is 18.2 Å². The maximum Gasteiger partial charge on any atom is 0.243 e. The number of nitrogens with one attached hydrogen (secondary N) is 2. The fourth-order valence-corrected chi connectivity index (χ4v) is 5.13. The first-order valence-electron chi connectivity index (χ1n) is 10.2. The van der Waals surface area contributed by atoms with Crippen LogP contribution in [0, 0.1) is 11.7 Å². The molecule has 1 aliphatic heterocycles. The molecule has 31 heavy (non-hydrogen) atoms. The van der Waals surface area contributed by atoms with Crippen molar-refractivity contribution < 1.29 is 12.8 Å². The topological polar surface area (TPSA) is 73.8 Å². The molecule has 6 nitrogen and oxygen atoms in total. The summed E-state index contributed by atoms with van der Waals surface area (Å²) in [5, 5.41) is 6.32. The monoisotopic (exact) mass is 560 g/mol. The van der Waals surface area contributed by atoms with Gasteiger partial charge in [0, 0.05) is 33.2 Å². The number of rotatable bonds is 6. The second-order valence-electron chi connectivity index (χ2n) is 7.66. The number of nitrogens with zero attached hydrogens (tertiary/aromatic N) is 2. The first-order chi connectivity index (χ1) is 14.4. The lowest BCUT2D eigenvalue weighted by Crippen LogP contribution is -2.39. The number of guanidine groups is 1. The molecule has 2 aromatic carbocycles. The summed E-state index contributed by atoms with van der Waals surface area (Å²) in [5.41, 5.74) is 1.76. The minimum absolute atomic E-state index is 0. The molecule has 0 saturated carbocycles. The highest BCUT2D eigenvalue weighted by atomic mass is 127. The van der Waals surface area contributed by atoms with Crippen molar-refractivity contribution in [3.8, 4) is 0 Å². The van der Waals surface area contributed by atoms with Gasteiger partial charge < -0.3 is 10.6 Å². The predicted molar refractivity (Wildman–Crippen MR) is 132 cm³/mol. The Morgan fingerprint density at radius 2 is 1.81 bits per heavy atom. The van der Waals surface area contributed by atoms with Gasteiger partial charge in [-0.25, -0.2) is 12.8 Å². The Morgan fingerprint density at radius 1 is 1.13 bits per heavy atom. The third-order valence-corrected chi connectivity index (χ3v) is 7.09. The Balaban J connectivity index is 0.00000341. The van der Waals surface area contributed by atoms with Crippen LogP contribution in [-0.2, 0) is 23.1 Å². The molecule has 0 amide bonds. The average Bonchev–Trinajstić information content (AvgIpc) is 2.74. The minimum atomic E-state index is -3.44. The molecule has 1 unspecified atom stereocenters. The van der Waals surface area contributed by atoms with Crippen LogP contribution in [0.4, 0.5) is 4.39 Å². The van der Waals surface area contributed by atoms with Gasteiger partial charge in [0.25, 0.3) is 0 Å². The van der Waals surface area contributed by atoms with Gasteiger partial charge in [0.1, 0.15) is 5.82 Å². The summed E-state index contributed by atoms with van der Waals surface area (Å²) in [6.07, 6.45) is 1.98. The van der Waals surface area contributed by atoms with E-state index in [-0.39, 0.29) is 29.8 Å². The Kier molecular flexibility index (Phi) is 9.70. The fraction of sp³-hybridized carbons (Fsp3) is 0.409. The van der Waals surface area contributed by atoms with Crippen molar-refractivity contribution in [3.63, 3.8) is 0 Å². The third kappa shape index (κ3) is 7.15. The number of benzene rings is 2. The van der Waals surface area contributed by atoms with Crippen LogP contribution in [0.5, 0.6) is 0 Å². The van der Waals surface area contributed by atoms with Crippen LogP contribution in [-0.4, -0.2) is 38.8 Å². The largest absolute Gasteiger partial charge is 0.352 e. The number of halogens is 2. The van der Waals surface area contributed by atoms with Gasteiger partial charge in [0.2, 0.25) is 10.0 Å². The van der Waals surface area contributed by atoms with Crippen molar-refractivity contribution >= 4 is 40.0 Å². The van der Waals surface area contributed by atoms with E-state index in [4.69, 9.17) is 0 Å². The lowest BCUT2D eigenvalue weighted by atomic mass is 10.0. The second-order valence-corrected chi connectivity index (χ2v) is 9.60. The summed E-state index contributed by atoms with van der Waals surface area (Å²) in [6, 6.07) is 13.3. The summed E-state index contributed by atoms with van der Waals surface area (Å²) in [4.78, 5) is 4.49. The number of aliphatic imine (C=N–C) groups is 1. The van der Waals surface area contributed by atoms with Gasteiger partial charge in [-0.2, -0.15) is 4.31 Å². The smallest absolute Gasteiger partial charge is 0.243 e. The first kappa shape index (κ1) is 25.5. The molecule has 0 spiro atoms. The van der Waals surface area contributed by atoms with Crippen LogP contribution in [0.25, 0.3) is 0 Å². The van der Waals surface area contributed by atoms with Crippen LogP contribution >= 0.6 is 24.0 Å². The maximum absolute atomic E-state index is 13.3. The van der Waals surface area contributed by atoms with E-state index in [1.165, 1.54) is 12.1 Å². The maximum atomic E-state index is 13.3. The lowest BCUT2D eigenvalue weighted by molar-refractivity contribution is 0.281. The zero-order valence-corrected chi connectivity index (χ0v) is 21.0. The van der Waals surface area contributed by atoms with E-state index in [0.29, 0.717) is 43.0 Å². The van der Waals surface area contributed by atoms with Gasteiger partial charge in [-0.05, 0) is 54.2 Å². The van der Waals surface area contributed by atoms with Gasteiger partial charge in [0.05, 0.1) is 4.90 Å². The SMILES string of the molecule is CN=C(NCc1ccc(S(=O)(=O)N2CCCC(C)C2)cc1)NCc1cccc(F)c1.I. The van der Waals surface area contributed by atoms with E-state index < -0.39 is 10.0 Å². The predicted octanol–water partition coefficient (Wildman–Crippen LogP) is 3.73. The van der Waals surface area contributed by atoms with Crippen molar-refractivity contribution in [2.24, 2.45) is 10.9 Å². The van der Waals surface area contributed by atoms with Crippen molar-refractivity contribution in [3.05, 3.63) is 65.5 Å². The quantitative estimate of drug-likeness (QED) is 0.321. The minimum Gasteiger partial charge on any atom is -0.352 e. The molecular formula is C22H30FIN4O2S. The normalized spacial score (nSPS) is 17.6. The zero-order chi connectivity index (χ0) is 21.6. The van der Waals surface area contributed by atoms with Crippen LogP contribution in [0.2, 0.25) is 0 Å². The Bertz CT molecular complexity index is 983. The van der Waals surface area contributed by atoms with Crippen LogP contribution < -0.4 is 10.6 Å². The number of hydrogen-bond donors (Lipinski definition) is 2. The molecule has 2 N–H and O–H groups in total. The summed E-state index contributed by atoms with van der Waals surface area (Å²) < 4.78 is 40.6. The van der Waals surface area contributed by atoms with E-state index in [0.717, 1.165) is 24.0 Å². The molecule has 0 radical (unpaired) electrons. The van der Waals surface area contributed by atoms with Gasteiger partial charge in [-0.1, -0.05) is 31.2 Å². The molecule has 1 aliphatic rings. The molecular weight excluding hydrogens is 530 g/mol. The summed E-state index contributed by atoms with van der Waals surface area (Å²) in [6.45, 7) is 4.20. The van der Waals surface area contributed by atoms with Crippen LogP contribution in [0.1, 0.15) is 30.9 Å². The third-order valence-electron chi connectivity index (χ3n) is 5.21. The molecule has 9 heteroatoms. The number of hydrogen-bond acceptors (Lipinski definition) is 3. The summed E-state index contributed by atoms with van der Waals surface area (Å²) >= 11 is 0. The van der Waals surface area contributed by atoms with Crippen molar-refractivity contribution in [1.82, 2.24) is 14.9 Å². The zero-order valence-electron chi connectivity index (χ0n) is 17.8. The van der Waals surface area contributed by atoms with Crippen LogP contribution in [0.15, 0.2) is 58.4 Å². The molecule has 0 aliphatic carbocycles. The second kappa shape index (κ2) is 11.8. The average molecular weight is 560 g/mol. The van der Waals surface area contributed by atoms with Crippen molar-refractivity contribution in [1.29, 1.82) is 0 Å². The molecule has 2 aromatic rings. The molecule has 1 heterocycles. The Labute approximate surface area is 201 Å². The highest BCUT2D eigenvalue weighted by Gasteiger charge is 2.28. The standard InChI is InChI=1S/C22H29FN4O2S.HI/c1-17-5-4-12-27(16-17)30(28,29)21-10-8-18(9-11-21)14-25-22(24-2)26-15-19-6-3-7-20(23)13-19;/h3,6-11,13,17H,4-5,12,14-16H2,1-2H3,(H2,24,25,26);1H. The van der Waals surface area contributed by atoms with E-state index in [9.17, 15) is 12.8 Å². The van der Waals surface area contributed by atoms with E-state index >= 15 is 0 Å². The summed E-state index contributed by atoms with van der Waals surface area (Å²) in [7, 11) is -1.78. The molecule has 1 atom stereocenters. The van der Waals surface area contributed by atoms with Crippen molar-refractivity contribution in [2.75, 3.05) is 20.1 Å². The van der Waals surface area contributed by atoms with E-state index in [1.54, 1.807) is 29.6 Å². The van der Waals surface area contributed by atoms with Gasteiger partial charge in [-0.15, -0.1) is 24.0 Å². The highest BCUT2D eigenvalue weighted by Crippen LogP contribution is 2.23. The van der Waals surface area contributed by atoms with Gasteiger partial charge >= 0.3 is 0 Å². The molecule has 0 aromatic heterocycles. The van der Waals surface area contributed by atoms with E-state index in [2.05, 4.69) is 22.5 Å². The number of piperidine rings is 1. The lowest BCUT2D eigenvalue weighted by Gasteiger charge is -2.30. The molecule has 1 saturated heterocycles. The number of sulfonamides is 1. The van der Waals surface area contributed by atoms with Gasteiger partial charge in [-0.3, -0.25) is 4.99 Å². The Morgan fingerprint density at radius 3 is 2.42 bits per heavy atom. The molecule has 0 bridgehead atoms. The molecule has 3 rings (SSSR count).